The van der Waals surface area contributed by atoms with Gasteiger partial charge in [-0.25, -0.2) is 5.43 Å². The molecule has 4 aromatic carbocycles. The maximum atomic E-state index is 12.8. The van der Waals surface area contributed by atoms with E-state index in [0.717, 1.165) is 39.2 Å². The average Bonchev–Trinajstić information content (AvgIpc) is 2.73. The van der Waals surface area contributed by atoms with Crippen molar-refractivity contribution in [3.63, 3.8) is 0 Å². The van der Waals surface area contributed by atoms with Crippen LogP contribution >= 0.6 is 0 Å². The molecule has 0 aromatic heterocycles. The van der Waals surface area contributed by atoms with E-state index < -0.39 is 17.6 Å². The quantitative estimate of drug-likeness (QED) is 0.263. The monoisotopic (exact) mass is 406 g/mol. The number of hydrogen-bond donors (Lipinski definition) is 1. The van der Waals surface area contributed by atoms with E-state index in [1.54, 1.807) is 6.21 Å². The lowest BCUT2D eigenvalue weighted by molar-refractivity contribution is -0.137. The molecule has 1 amide bonds. The standard InChI is InChI=1S/C24H17F3N2O/c25-24(26,27)19-9-5-6-16(12-19)13-23(30)29-28-15-22-20-10-3-1-7-17(20)14-18-8-2-4-11-21(18)22/h1-12,14-15H,13H2,(H,29,30)/b28-15-. The van der Waals surface area contributed by atoms with Crippen LogP contribution in [0.15, 0.2) is 84.0 Å². The van der Waals surface area contributed by atoms with Gasteiger partial charge in [-0.2, -0.15) is 18.3 Å². The minimum atomic E-state index is -4.44. The van der Waals surface area contributed by atoms with Crippen molar-refractivity contribution in [3.05, 3.63) is 95.6 Å². The van der Waals surface area contributed by atoms with E-state index in [-0.39, 0.29) is 12.0 Å². The van der Waals surface area contributed by atoms with Gasteiger partial charge in [0.25, 0.3) is 0 Å². The van der Waals surface area contributed by atoms with Crippen LogP contribution in [0, 0.1) is 0 Å². The zero-order valence-electron chi connectivity index (χ0n) is 15.8. The molecule has 0 saturated heterocycles. The molecule has 0 radical (unpaired) electrons. The molecule has 0 fully saturated rings. The van der Waals surface area contributed by atoms with Crippen LogP contribution in [0.25, 0.3) is 21.5 Å². The first-order valence-electron chi connectivity index (χ1n) is 9.30. The van der Waals surface area contributed by atoms with Gasteiger partial charge in [-0.1, -0.05) is 66.7 Å². The fourth-order valence-electron chi connectivity index (χ4n) is 3.44. The molecule has 0 aliphatic rings. The molecule has 0 heterocycles. The van der Waals surface area contributed by atoms with Crippen LogP contribution in [0.1, 0.15) is 16.7 Å². The number of halogens is 3. The molecule has 30 heavy (non-hydrogen) atoms. The molecule has 0 aliphatic carbocycles. The van der Waals surface area contributed by atoms with Gasteiger partial charge in [-0.15, -0.1) is 0 Å². The van der Waals surface area contributed by atoms with E-state index in [2.05, 4.69) is 16.6 Å². The Balaban J connectivity index is 1.56. The normalized spacial score (nSPS) is 12.0. The molecule has 6 heteroatoms. The summed E-state index contributed by atoms with van der Waals surface area (Å²) in [7, 11) is 0. The van der Waals surface area contributed by atoms with Crippen molar-refractivity contribution in [1.82, 2.24) is 5.43 Å². The Kier molecular flexibility index (Phi) is 5.23. The number of benzene rings is 4. The van der Waals surface area contributed by atoms with Crippen LogP contribution in [0.2, 0.25) is 0 Å². The molecular weight excluding hydrogens is 389 g/mol. The lowest BCUT2D eigenvalue weighted by Gasteiger charge is -2.09. The molecule has 1 N–H and O–H groups in total. The van der Waals surface area contributed by atoms with Gasteiger partial charge in [0.15, 0.2) is 0 Å². The second kappa shape index (κ2) is 7.99. The predicted octanol–water partition coefficient (Wildman–Crippen LogP) is 5.70. The van der Waals surface area contributed by atoms with Gasteiger partial charge in [0.1, 0.15) is 0 Å². The molecule has 0 unspecified atom stereocenters. The van der Waals surface area contributed by atoms with Crippen molar-refractivity contribution in [3.8, 4) is 0 Å². The van der Waals surface area contributed by atoms with Gasteiger partial charge in [-0.05, 0) is 39.2 Å². The van der Waals surface area contributed by atoms with Crippen molar-refractivity contribution in [2.24, 2.45) is 5.10 Å². The topological polar surface area (TPSA) is 41.5 Å². The third-order valence-electron chi connectivity index (χ3n) is 4.81. The smallest absolute Gasteiger partial charge is 0.273 e. The lowest BCUT2D eigenvalue weighted by atomic mass is 9.97. The number of nitrogens with zero attached hydrogens (tertiary/aromatic N) is 1. The van der Waals surface area contributed by atoms with Crippen LogP contribution < -0.4 is 5.43 Å². The van der Waals surface area contributed by atoms with Crippen molar-refractivity contribution in [2.45, 2.75) is 12.6 Å². The SMILES string of the molecule is O=C(Cc1cccc(C(F)(F)F)c1)N/N=C\c1c2ccccc2cc2ccccc12. The third-order valence-corrected chi connectivity index (χ3v) is 4.81. The Bertz CT molecular complexity index is 1210. The van der Waals surface area contributed by atoms with Gasteiger partial charge in [-0.3, -0.25) is 4.79 Å². The highest BCUT2D eigenvalue weighted by molar-refractivity contribution is 6.13. The number of carbonyl (C=O) groups is 1. The summed E-state index contributed by atoms with van der Waals surface area (Å²) >= 11 is 0. The number of rotatable bonds is 4. The zero-order valence-corrected chi connectivity index (χ0v) is 15.8. The number of nitrogens with one attached hydrogen (secondary N) is 1. The van der Waals surface area contributed by atoms with Crippen molar-refractivity contribution in [2.75, 3.05) is 0 Å². The maximum Gasteiger partial charge on any atom is 0.416 e. The Morgan fingerprint density at radius 1 is 0.867 bits per heavy atom. The third kappa shape index (κ3) is 4.17. The molecule has 0 bridgehead atoms. The van der Waals surface area contributed by atoms with E-state index in [0.29, 0.717) is 0 Å². The fourth-order valence-corrected chi connectivity index (χ4v) is 3.44. The minimum absolute atomic E-state index is 0.197. The molecule has 0 atom stereocenters. The van der Waals surface area contributed by atoms with Crippen LogP contribution in [0.4, 0.5) is 13.2 Å². The first kappa shape index (κ1) is 19.6. The number of carbonyl (C=O) groups excluding carboxylic acids is 1. The average molecular weight is 406 g/mol. The summed E-state index contributed by atoms with van der Waals surface area (Å²) in [5, 5.41) is 8.15. The van der Waals surface area contributed by atoms with Crippen LogP contribution in [-0.2, 0) is 17.4 Å². The van der Waals surface area contributed by atoms with Gasteiger partial charge in [0, 0.05) is 5.56 Å². The zero-order chi connectivity index (χ0) is 21.1. The van der Waals surface area contributed by atoms with Gasteiger partial charge in [0.2, 0.25) is 5.91 Å². The van der Waals surface area contributed by atoms with E-state index in [9.17, 15) is 18.0 Å². The highest BCUT2D eigenvalue weighted by atomic mass is 19.4. The molecule has 0 spiro atoms. The second-order valence-corrected chi connectivity index (χ2v) is 6.90. The number of amides is 1. The number of hydrogen-bond acceptors (Lipinski definition) is 2. The highest BCUT2D eigenvalue weighted by Crippen LogP contribution is 2.30. The Labute approximate surface area is 170 Å². The molecular formula is C24H17F3N2O. The summed E-state index contributed by atoms with van der Waals surface area (Å²) in [5.74, 6) is -0.491. The fraction of sp³-hybridized carbons (Fsp3) is 0.0833. The molecule has 150 valence electrons. The number of fused-ring (bicyclic) bond motifs is 2. The maximum absolute atomic E-state index is 12.8. The summed E-state index contributed by atoms with van der Waals surface area (Å²) in [4.78, 5) is 12.2. The van der Waals surface area contributed by atoms with Crippen LogP contribution in [0.3, 0.4) is 0 Å². The minimum Gasteiger partial charge on any atom is -0.273 e. The van der Waals surface area contributed by atoms with Crippen LogP contribution in [0.5, 0.6) is 0 Å². The van der Waals surface area contributed by atoms with Gasteiger partial charge >= 0.3 is 6.18 Å². The van der Waals surface area contributed by atoms with Crippen molar-refractivity contribution >= 4 is 33.7 Å². The highest BCUT2D eigenvalue weighted by Gasteiger charge is 2.30. The summed E-state index contributed by atoms with van der Waals surface area (Å²) in [6, 6.07) is 22.6. The number of hydrazone groups is 1. The molecule has 0 aliphatic heterocycles. The second-order valence-electron chi connectivity index (χ2n) is 6.90. The van der Waals surface area contributed by atoms with E-state index in [1.807, 2.05) is 48.5 Å². The Morgan fingerprint density at radius 3 is 2.13 bits per heavy atom. The Hall–Kier alpha value is -3.67. The van der Waals surface area contributed by atoms with Gasteiger partial charge < -0.3 is 0 Å². The summed E-state index contributed by atoms with van der Waals surface area (Å²) < 4.78 is 38.5. The molecule has 3 nitrogen and oxygen atoms in total. The van der Waals surface area contributed by atoms with Crippen molar-refractivity contribution in [1.29, 1.82) is 0 Å². The summed E-state index contributed by atoms with van der Waals surface area (Å²) in [5.41, 5.74) is 2.77. The largest absolute Gasteiger partial charge is 0.416 e. The van der Waals surface area contributed by atoms with E-state index in [1.165, 1.54) is 12.1 Å². The van der Waals surface area contributed by atoms with E-state index >= 15 is 0 Å². The molecule has 0 saturated carbocycles. The first-order chi connectivity index (χ1) is 14.4. The Morgan fingerprint density at radius 2 is 1.50 bits per heavy atom. The molecule has 4 rings (SSSR count). The lowest BCUT2D eigenvalue weighted by Crippen LogP contribution is -2.20. The molecule has 4 aromatic rings. The predicted molar refractivity (Wildman–Crippen MR) is 112 cm³/mol. The first-order valence-corrected chi connectivity index (χ1v) is 9.30. The van der Waals surface area contributed by atoms with E-state index in [4.69, 9.17) is 0 Å². The van der Waals surface area contributed by atoms with Gasteiger partial charge in [0.05, 0.1) is 18.2 Å². The summed E-state index contributed by atoms with van der Waals surface area (Å²) in [6.07, 6.45) is -3.06. The number of alkyl halides is 3. The summed E-state index contributed by atoms with van der Waals surface area (Å²) in [6.45, 7) is 0. The van der Waals surface area contributed by atoms with Crippen molar-refractivity contribution < 1.29 is 18.0 Å². The van der Waals surface area contributed by atoms with Crippen LogP contribution in [-0.4, -0.2) is 12.1 Å².